The number of aromatic nitrogens is 2. The molecule has 17 heavy (non-hydrogen) atoms. The molecular weight excluding hydrogens is 264 g/mol. The van der Waals surface area contributed by atoms with Gasteiger partial charge in [0.05, 0.1) is 5.75 Å². The van der Waals surface area contributed by atoms with Gasteiger partial charge in [-0.1, -0.05) is 18.5 Å². The molecule has 0 bridgehead atoms. The molecule has 1 rings (SSSR count). The largest absolute Gasteiger partial charge is 0.369 e. The third kappa shape index (κ3) is 4.10. The van der Waals surface area contributed by atoms with Crippen LogP contribution < -0.4 is 10.0 Å². The Bertz CT molecular complexity index is 478. The Labute approximate surface area is 106 Å². The molecule has 0 aromatic carbocycles. The Morgan fingerprint density at radius 1 is 1.41 bits per heavy atom. The van der Waals surface area contributed by atoms with Crippen molar-refractivity contribution >= 4 is 27.4 Å². The first-order valence-electron chi connectivity index (χ1n) is 5.14. The number of nitrogens with one attached hydrogen (secondary N) is 2. The predicted molar refractivity (Wildman–Crippen MR) is 67.8 cm³/mol. The fourth-order valence-corrected chi connectivity index (χ4v) is 2.10. The number of nitrogens with zero attached hydrogens (tertiary/aromatic N) is 2. The molecule has 0 aliphatic carbocycles. The van der Waals surface area contributed by atoms with Gasteiger partial charge in [-0.05, 0) is 13.5 Å². The SMILES string of the molecule is CCc1c(Cl)ncnc1NCCS(=O)(=O)NC. The van der Waals surface area contributed by atoms with Gasteiger partial charge in [0, 0.05) is 12.1 Å². The van der Waals surface area contributed by atoms with Gasteiger partial charge in [0.2, 0.25) is 10.0 Å². The van der Waals surface area contributed by atoms with E-state index in [0.717, 1.165) is 5.56 Å². The van der Waals surface area contributed by atoms with Crippen LogP contribution in [0, 0.1) is 0 Å². The normalized spacial score (nSPS) is 11.5. The summed E-state index contributed by atoms with van der Waals surface area (Å²) in [6.45, 7) is 2.20. The molecule has 0 saturated heterocycles. The Hall–Kier alpha value is -0.920. The lowest BCUT2D eigenvalue weighted by molar-refractivity contribution is 0.588. The predicted octanol–water partition coefficient (Wildman–Crippen LogP) is 0.654. The van der Waals surface area contributed by atoms with Gasteiger partial charge in [-0.25, -0.2) is 23.1 Å². The molecule has 1 aromatic heterocycles. The van der Waals surface area contributed by atoms with E-state index < -0.39 is 10.0 Å². The van der Waals surface area contributed by atoms with Crippen LogP contribution in [0.15, 0.2) is 6.33 Å². The maximum absolute atomic E-state index is 11.2. The van der Waals surface area contributed by atoms with E-state index in [1.165, 1.54) is 13.4 Å². The fraction of sp³-hybridized carbons (Fsp3) is 0.556. The zero-order valence-corrected chi connectivity index (χ0v) is 11.3. The molecule has 0 atom stereocenters. The Morgan fingerprint density at radius 2 is 2.12 bits per heavy atom. The number of rotatable bonds is 6. The van der Waals surface area contributed by atoms with Gasteiger partial charge >= 0.3 is 0 Å². The number of sulfonamides is 1. The zero-order chi connectivity index (χ0) is 12.9. The lowest BCUT2D eigenvalue weighted by Crippen LogP contribution is -2.26. The highest BCUT2D eigenvalue weighted by molar-refractivity contribution is 7.89. The standard InChI is InChI=1S/C9H15ClN4O2S/c1-3-7-8(10)13-6-14-9(7)12-4-5-17(15,16)11-2/h6,11H,3-5H2,1-2H3,(H,12,13,14). The number of hydrogen-bond donors (Lipinski definition) is 2. The summed E-state index contributed by atoms with van der Waals surface area (Å²) < 4.78 is 24.6. The number of hydrogen-bond acceptors (Lipinski definition) is 5. The highest BCUT2D eigenvalue weighted by Gasteiger charge is 2.10. The van der Waals surface area contributed by atoms with Crippen LogP contribution in [0.3, 0.4) is 0 Å². The molecule has 0 radical (unpaired) electrons. The molecule has 0 amide bonds. The van der Waals surface area contributed by atoms with Crippen LogP contribution in [0.1, 0.15) is 12.5 Å². The van der Waals surface area contributed by atoms with E-state index in [2.05, 4.69) is 20.0 Å². The molecule has 96 valence electrons. The monoisotopic (exact) mass is 278 g/mol. The van der Waals surface area contributed by atoms with Crippen molar-refractivity contribution in [2.75, 3.05) is 24.7 Å². The van der Waals surface area contributed by atoms with Crippen molar-refractivity contribution in [2.45, 2.75) is 13.3 Å². The summed E-state index contributed by atoms with van der Waals surface area (Å²) in [6, 6.07) is 0. The van der Waals surface area contributed by atoms with Crippen molar-refractivity contribution in [3.63, 3.8) is 0 Å². The minimum absolute atomic E-state index is 0.0196. The highest BCUT2D eigenvalue weighted by Crippen LogP contribution is 2.19. The van der Waals surface area contributed by atoms with Crippen LogP contribution in [0.2, 0.25) is 5.15 Å². The second kappa shape index (κ2) is 6.13. The van der Waals surface area contributed by atoms with E-state index in [0.29, 0.717) is 17.4 Å². The second-order valence-electron chi connectivity index (χ2n) is 3.29. The van der Waals surface area contributed by atoms with Crippen molar-refractivity contribution in [1.82, 2.24) is 14.7 Å². The Kier molecular flexibility index (Phi) is 5.10. The van der Waals surface area contributed by atoms with Crippen molar-refractivity contribution in [3.05, 3.63) is 17.0 Å². The molecule has 8 heteroatoms. The van der Waals surface area contributed by atoms with Crippen LogP contribution in [0.4, 0.5) is 5.82 Å². The summed E-state index contributed by atoms with van der Waals surface area (Å²) in [7, 11) is -1.82. The second-order valence-corrected chi connectivity index (χ2v) is 5.70. The minimum atomic E-state index is -3.21. The maximum atomic E-state index is 11.2. The van der Waals surface area contributed by atoms with E-state index in [1.54, 1.807) is 0 Å². The molecule has 1 heterocycles. The smallest absolute Gasteiger partial charge is 0.213 e. The Balaban J connectivity index is 2.67. The van der Waals surface area contributed by atoms with E-state index in [1.807, 2.05) is 6.92 Å². The quantitative estimate of drug-likeness (QED) is 0.747. The van der Waals surface area contributed by atoms with Gasteiger partial charge in [0.25, 0.3) is 0 Å². The molecule has 0 fully saturated rings. The maximum Gasteiger partial charge on any atom is 0.213 e. The van der Waals surface area contributed by atoms with Crippen LogP contribution in [-0.4, -0.2) is 37.7 Å². The first-order valence-corrected chi connectivity index (χ1v) is 7.17. The van der Waals surface area contributed by atoms with Crippen molar-refractivity contribution in [1.29, 1.82) is 0 Å². The molecule has 0 unspecified atom stereocenters. The molecule has 0 spiro atoms. The summed E-state index contributed by atoms with van der Waals surface area (Å²) in [5.74, 6) is 0.563. The van der Waals surface area contributed by atoms with Crippen molar-refractivity contribution in [2.24, 2.45) is 0 Å². The third-order valence-corrected chi connectivity index (χ3v) is 3.91. The lowest BCUT2D eigenvalue weighted by atomic mass is 10.2. The first kappa shape index (κ1) is 14.1. The van der Waals surface area contributed by atoms with E-state index in [9.17, 15) is 8.42 Å². The zero-order valence-electron chi connectivity index (χ0n) is 9.70. The molecule has 6 nitrogen and oxygen atoms in total. The lowest BCUT2D eigenvalue weighted by Gasteiger charge is -2.10. The van der Waals surface area contributed by atoms with Crippen molar-refractivity contribution in [3.8, 4) is 0 Å². The van der Waals surface area contributed by atoms with Gasteiger partial charge in [-0.2, -0.15) is 0 Å². The average molecular weight is 279 g/mol. The molecular formula is C9H15ClN4O2S. The first-order chi connectivity index (χ1) is 8.00. The van der Waals surface area contributed by atoms with E-state index >= 15 is 0 Å². The van der Waals surface area contributed by atoms with Crippen molar-refractivity contribution < 1.29 is 8.42 Å². The highest BCUT2D eigenvalue weighted by atomic mass is 35.5. The van der Waals surface area contributed by atoms with Gasteiger partial charge in [-0.15, -0.1) is 0 Å². The fourth-order valence-electron chi connectivity index (χ4n) is 1.26. The van der Waals surface area contributed by atoms with E-state index in [-0.39, 0.29) is 12.3 Å². The van der Waals surface area contributed by atoms with Gasteiger partial charge in [-0.3, -0.25) is 0 Å². The number of halogens is 1. The molecule has 1 aromatic rings. The van der Waals surface area contributed by atoms with Crippen LogP contribution >= 0.6 is 11.6 Å². The summed E-state index contributed by atoms with van der Waals surface area (Å²) >= 11 is 5.90. The topological polar surface area (TPSA) is 84.0 Å². The van der Waals surface area contributed by atoms with Crippen LogP contribution in [0.5, 0.6) is 0 Å². The summed E-state index contributed by atoms with van der Waals surface area (Å²) in [5.41, 5.74) is 0.788. The Morgan fingerprint density at radius 3 is 2.71 bits per heavy atom. The number of anilines is 1. The third-order valence-electron chi connectivity index (χ3n) is 2.22. The minimum Gasteiger partial charge on any atom is -0.369 e. The molecule has 0 aliphatic heterocycles. The molecule has 0 aliphatic rings. The van der Waals surface area contributed by atoms with Gasteiger partial charge < -0.3 is 5.32 Å². The van der Waals surface area contributed by atoms with Crippen LogP contribution in [0.25, 0.3) is 0 Å². The van der Waals surface area contributed by atoms with E-state index in [4.69, 9.17) is 11.6 Å². The summed E-state index contributed by atoms with van der Waals surface area (Å²) in [5, 5.41) is 3.33. The summed E-state index contributed by atoms with van der Waals surface area (Å²) in [4.78, 5) is 7.90. The summed E-state index contributed by atoms with van der Waals surface area (Å²) in [6.07, 6.45) is 2.02. The molecule has 0 saturated carbocycles. The van der Waals surface area contributed by atoms with Gasteiger partial charge in [0.15, 0.2) is 0 Å². The van der Waals surface area contributed by atoms with Gasteiger partial charge in [0.1, 0.15) is 17.3 Å². The average Bonchev–Trinajstić information content (AvgIpc) is 2.29. The van der Waals surface area contributed by atoms with Crippen LogP contribution in [-0.2, 0) is 16.4 Å². The molecule has 2 N–H and O–H groups in total.